The van der Waals surface area contributed by atoms with Gasteiger partial charge < -0.3 is 84.6 Å². The summed E-state index contributed by atoms with van der Waals surface area (Å²) in [4.78, 5) is 0. The van der Waals surface area contributed by atoms with E-state index in [4.69, 9.17) is 28.4 Å². The van der Waals surface area contributed by atoms with Crippen LogP contribution in [-0.2, 0) is 28.4 Å². The Labute approximate surface area is 377 Å². The maximum atomic E-state index is 12.3. The third kappa shape index (κ3) is 8.60. The largest absolute Gasteiger partial charge is 0.394 e. The van der Waals surface area contributed by atoms with E-state index in [0.29, 0.717) is 19.3 Å². The first kappa shape index (κ1) is 50.9. The zero-order valence-corrected chi connectivity index (χ0v) is 39.0. The summed E-state index contributed by atoms with van der Waals surface area (Å²) in [5, 5.41) is 120. The third-order valence-electron chi connectivity index (χ3n) is 18.3. The molecule has 24 atom stereocenters. The van der Waals surface area contributed by atoms with Crippen molar-refractivity contribution in [2.24, 2.45) is 45.3 Å². The highest BCUT2D eigenvalue weighted by atomic mass is 16.8. The molecule has 3 aliphatic heterocycles. The second kappa shape index (κ2) is 18.8. The highest BCUT2D eigenvalue weighted by Gasteiger charge is 2.71. The fourth-order valence-corrected chi connectivity index (χ4v) is 14.5. The summed E-state index contributed by atoms with van der Waals surface area (Å²) in [5.74, 6) is 0.264. The number of rotatable bonds is 12. The van der Waals surface area contributed by atoms with Gasteiger partial charge in [0.1, 0.15) is 67.1 Å². The molecule has 0 spiro atoms. The van der Waals surface area contributed by atoms with Crippen LogP contribution in [0.25, 0.3) is 0 Å². The van der Waals surface area contributed by atoms with E-state index in [-0.39, 0.29) is 39.9 Å². The summed E-state index contributed by atoms with van der Waals surface area (Å²) in [7, 11) is 0. The SMILES string of the molecule is CC(C)=CCCC(C)(O)[C@H]1CC[C@]2(C)[C@@H]1[C@H](O)C[C@@H]1[C@@]3(C)CC[C@H](O[C@@H]4O[C@H](CO)[C@@H](O)[C@H](O)[C@H]4O[C@@H]4O[C@H](CO)[C@@H](O)[C@H](O)[C@H]4O[C@@H]4OC[C@@H](O)[C@H](O)[C@H]4O)C(C)(C)[C@@H]3CC[C@]12C. The second-order valence-electron chi connectivity index (χ2n) is 22.5. The fraction of sp³-hybridized carbons (Fsp3) is 0.957. The van der Waals surface area contributed by atoms with Crippen molar-refractivity contribution in [1.82, 2.24) is 0 Å². The topological polar surface area (TPSA) is 278 Å². The predicted octanol–water partition coefficient (Wildman–Crippen LogP) is 0.612. The van der Waals surface area contributed by atoms with Crippen molar-refractivity contribution >= 4 is 0 Å². The lowest BCUT2D eigenvalue weighted by Crippen LogP contribution is -2.68. The first-order chi connectivity index (χ1) is 29.9. The van der Waals surface area contributed by atoms with Crippen LogP contribution in [0, 0.1) is 45.3 Å². The van der Waals surface area contributed by atoms with Crippen molar-refractivity contribution in [2.75, 3.05) is 19.8 Å². The number of aliphatic hydroxyl groups is 11. The summed E-state index contributed by atoms with van der Waals surface area (Å²) in [6.07, 6.45) is -14.4. The smallest absolute Gasteiger partial charge is 0.187 e. The number of hydrogen-bond donors (Lipinski definition) is 11. The zero-order chi connectivity index (χ0) is 47.1. The molecule has 0 bridgehead atoms. The Balaban J connectivity index is 1.12. The molecule has 1 unspecified atom stereocenters. The van der Waals surface area contributed by atoms with E-state index >= 15 is 0 Å². The molecule has 7 rings (SSSR count). The summed E-state index contributed by atoms with van der Waals surface area (Å²) in [6, 6.07) is 0. The average Bonchev–Trinajstić information content (AvgIpc) is 3.62. The van der Waals surface area contributed by atoms with Crippen LogP contribution in [0.4, 0.5) is 0 Å². The van der Waals surface area contributed by atoms with Crippen LogP contribution in [0.5, 0.6) is 0 Å². The van der Waals surface area contributed by atoms with Gasteiger partial charge in [0.2, 0.25) is 0 Å². The van der Waals surface area contributed by atoms with Crippen LogP contribution in [-0.4, -0.2) is 180 Å². The lowest BCUT2D eigenvalue weighted by molar-refractivity contribution is -0.395. The normalized spacial score (nSPS) is 52.5. The number of allylic oxidation sites excluding steroid dienone is 2. The molecule has 3 heterocycles. The molecule has 0 aromatic rings. The fourth-order valence-electron chi connectivity index (χ4n) is 14.5. The highest BCUT2D eigenvalue weighted by Crippen LogP contribution is 2.76. The molecule has 370 valence electrons. The van der Waals surface area contributed by atoms with Crippen LogP contribution < -0.4 is 0 Å². The van der Waals surface area contributed by atoms with Crippen LogP contribution in [0.15, 0.2) is 11.6 Å². The monoisotopic (exact) mass is 917 g/mol. The Bertz CT molecular complexity index is 1630. The van der Waals surface area contributed by atoms with Gasteiger partial charge in [0.25, 0.3) is 0 Å². The molecule has 4 saturated carbocycles. The summed E-state index contributed by atoms with van der Waals surface area (Å²) in [5.41, 5.74) is -0.680. The van der Waals surface area contributed by atoms with Crippen molar-refractivity contribution in [3.63, 3.8) is 0 Å². The van der Waals surface area contributed by atoms with Gasteiger partial charge in [-0.25, -0.2) is 0 Å². The average molecular weight is 917 g/mol. The quantitative estimate of drug-likeness (QED) is 0.0946. The van der Waals surface area contributed by atoms with Gasteiger partial charge in [0.15, 0.2) is 18.9 Å². The van der Waals surface area contributed by atoms with Crippen LogP contribution in [0.2, 0.25) is 0 Å². The second-order valence-corrected chi connectivity index (χ2v) is 22.5. The molecule has 17 nitrogen and oxygen atoms in total. The lowest BCUT2D eigenvalue weighted by atomic mass is 9.35. The van der Waals surface area contributed by atoms with Gasteiger partial charge in [0.05, 0.1) is 37.6 Å². The van der Waals surface area contributed by atoms with E-state index in [9.17, 15) is 56.2 Å². The van der Waals surface area contributed by atoms with E-state index in [1.807, 2.05) is 6.92 Å². The molecule has 7 aliphatic rings. The van der Waals surface area contributed by atoms with E-state index < -0.39 is 129 Å². The van der Waals surface area contributed by atoms with Gasteiger partial charge in [-0.3, -0.25) is 0 Å². The molecular weight excluding hydrogens is 836 g/mol. The maximum absolute atomic E-state index is 12.3. The van der Waals surface area contributed by atoms with Gasteiger partial charge in [-0.1, -0.05) is 46.3 Å². The molecule has 3 saturated heterocycles. The molecule has 0 aromatic carbocycles. The minimum Gasteiger partial charge on any atom is -0.394 e. The Morgan fingerprint density at radius 2 is 1.22 bits per heavy atom. The molecule has 0 radical (unpaired) electrons. The van der Waals surface area contributed by atoms with Gasteiger partial charge >= 0.3 is 0 Å². The van der Waals surface area contributed by atoms with Crippen molar-refractivity contribution in [3.05, 3.63) is 11.6 Å². The van der Waals surface area contributed by atoms with E-state index in [1.165, 1.54) is 5.57 Å². The number of ether oxygens (including phenoxy) is 6. The van der Waals surface area contributed by atoms with E-state index in [2.05, 4.69) is 54.5 Å². The summed E-state index contributed by atoms with van der Waals surface area (Å²) in [6.45, 7) is 15.7. The predicted molar refractivity (Wildman–Crippen MR) is 228 cm³/mol. The Hall–Kier alpha value is -0.940. The highest BCUT2D eigenvalue weighted by molar-refractivity contribution is 5.20. The van der Waals surface area contributed by atoms with Crippen molar-refractivity contribution in [2.45, 2.75) is 217 Å². The number of aliphatic hydroxyl groups excluding tert-OH is 10. The number of fused-ring (bicyclic) bond motifs is 5. The van der Waals surface area contributed by atoms with Gasteiger partial charge in [-0.2, -0.15) is 0 Å². The minimum atomic E-state index is -1.83. The van der Waals surface area contributed by atoms with E-state index in [1.54, 1.807) is 0 Å². The van der Waals surface area contributed by atoms with Crippen LogP contribution in [0.3, 0.4) is 0 Å². The summed E-state index contributed by atoms with van der Waals surface area (Å²) < 4.78 is 36.4. The molecule has 4 aliphatic carbocycles. The number of hydrogen-bond acceptors (Lipinski definition) is 17. The van der Waals surface area contributed by atoms with Crippen molar-refractivity contribution < 1.29 is 84.6 Å². The first-order valence-electron chi connectivity index (χ1n) is 23.8. The Morgan fingerprint density at radius 1 is 0.656 bits per heavy atom. The maximum Gasteiger partial charge on any atom is 0.187 e. The van der Waals surface area contributed by atoms with Crippen molar-refractivity contribution in [3.8, 4) is 0 Å². The standard InChI is InChI=1S/C47H80O17/c1-22(2)10-9-14-47(8,58)23-11-16-46(7)31(23)24(50)18-29-44(5)15-13-30(43(3,4)28(44)12-17-45(29,46)6)62-41-38(35(55)33(53)26(19-48)60-41)64-42-39(36(56)34(54)27(20-49)61-42)63-40-37(57)32(52)25(51)21-59-40/h10,23-42,48-58H,9,11-21H2,1-8H3/t23-,24+,25+,26+,27+,28-,29+,30-,31-,32-,33+,34+,35-,36-,37+,38+,39+,40-,41-,42-,44-,45+,46+,47?/m0/s1. The molecule has 11 N–H and O–H groups in total. The molecular formula is C47H80O17. The third-order valence-corrected chi connectivity index (χ3v) is 18.3. The van der Waals surface area contributed by atoms with Gasteiger partial charge in [-0.05, 0) is 124 Å². The minimum absolute atomic E-state index is 0.0120. The molecule has 0 amide bonds. The molecule has 17 heteroatoms. The summed E-state index contributed by atoms with van der Waals surface area (Å²) >= 11 is 0. The Kier molecular flexibility index (Phi) is 14.9. The molecule has 64 heavy (non-hydrogen) atoms. The van der Waals surface area contributed by atoms with Crippen LogP contribution >= 0.6 is 0 Å². The first-order valence-corrected chi connectivity index (χ1v) is 23.8. The Morgan fingerprint density at radius 3 is 1.80 bits per heavy atom. The van der Waals surface area contributed by atoms with E-state index in [0.717, 1.165) is 38.5 Å². The van der Waals surface area contributed by atoms with Gasteiger partial charge in [0, 0.05) is 0 Å². The van der Waals surface area contributed by atoms with Gasteiger partial charge in [-0.15, -0.1) is 0 Å². The van der Waals surface area contributed by atoms with Crippen LogP contribution in [0.1, 0.15) is 113 Å². The lowest BCUT2D eigenvalue weighted by Gasteiger charge is -2.70. The molecule has 0 aromatic heterocycles. The zero-order valence-electron chi connectivity index (χ0n) is 39.0. The van der Waals surface area contributed by atoms with Crippen molar-refractivity contribution in [1.29, 1.82) is 0 Å². The molecule has 7 fully saturated rings.